The Morgan fingerprint density at radius 3 is 2.18 bits per heavy atom. The highest BCUT2D eigenvalue weighted by molar-refractivity contribution is 5.94. The Morgan fingerprint density at radius 1 is 0.891 bits per heavy atom. The molecule has 0 bridgehead atoms. The highest BCUT2D eigenvalue weighted by Gasteiger charge is 2.25. The van der Waals surface area contributed by atoms with E-state index >= 15 is 4.39 Å². The summed E-state index contributed by atoms with van der Waals surface area (Å²) >= 11 is 0. The van der Waals surface area contributed by atoms with Crippen LogP contribution in [0.5, 0.6) is 0 Å². The molecule has 3 aromatic carbocycles. The molecule has 290 valence electrons. The van der Waals surface area contributed by atoms with E-state index in [0.717, 1.165) is 11.3 Å². The molecule has 14 heteroatoms. The molecular formula is C41H46FN5O8. The van der Waals surface area contributed by atoms with Crippen molar-refractivity contribution >= 4 is 46.3 Å². The van der Waals surface area contributed by atoms with Gasteiger partial charge in [0.2, 0.25) is 11.3 Å². The van der Waals surface area contributed by atoms with Gasteiger partial charge in [-0.25, -0.2) is 18.8 Å². The van der Waals surface area contributed by atoms with Gasteiger partial charge in [-0.3, -0.25) is 9.59 Å². The normalized spacial score (nSPS) is 14.3. The molecule has 0 aliphatic carbocycles. The first-order valence-corrected chi connectivity index (χ1v) is 18.2. The number of amides is 3. The fourth-order valence-corrected chi connectivity index (χ4v) is 6.18. The van der Waals surface area contributed by atoms with Crippen LogP contribution in [-0.2, 0) is 34.0 Å². The van der Waals surface area contributed by atoms with Gasteiger partial charge >= 0.3 is 18.2 Å². The first-order valence-electron chi connectivity index (χ1n) is 18.2. The smallest absolute Gasteiger partial charge is 0.410 e. The highest BCUT2D eigenvalue weighted by atomic mass is 19.1. The summed E-state index contributed by atoms with van der Waals surface area (Å²) < 4.78 is 27.8. The van der Waals surface area contributed by atoms with Crippen LogP contribution in [-0.4, -0.2) is 70.9 Å². The molecule has 1 aliphatic heterocycles. The number of aromatic nitrogens is 1. The molecule has 5 rings (SSSR count). The van der Waals surface area contributed by atoms with E-state index in [1.807, 2.05) is 43.3 Å². The topological polar surface area (TPSA) is 160 Å². The maximum atomic E-state index is 15.3. The molecule has 0 radical (unpaired) electrons. The highest BCUT2D eigenvalue weighted by Crippen LogP contribution is 2.24. The number of pyridine rings is 1. The number of rotatable bonds is 13. The zero-order valence-corrected chi connectivity index (χ0v) is 31.3. The van der Waals surface area contributed by atoms with Gasteiger partial charge in [0.25, 0.3) is 0 Å². The molecule has 0 saturated carbocycles. The number of hydrogen-bond acceptors (Lipinski definition) is 8. The van der Waals surface area contributed by atoms with E-state index in [4.69, 9.17) is 9.47 Å². The van der Waals surface area contributed by atoms with Crippen LogP contribution in [0.3, 0.4) is 0 Å². The standard InChI is InChI=1S/C41H46FN5O8/c1-5-45-23-33(39(50)51)37(48)32-16-15-31(22-35(32)45)46-17-19-47(20-18-46)41(53)55-25-29-11-13-30(14-12-29)43-38(49)27(4)21-34(42)36(26(2)3)44-40(52)54-24-28-9-7-6-8-10-28/h6-16,21-23,26-27,36H,5,17-20,24-25H2,1-4H3,(H,43,49)(H,44,52)(H,50,51)/b34-21-/t27-,36+/m1/s1. The van der Waals surface area contributed by atoms with E-state index in [1.54, 1.807) is 66.6 Å². The Labute approximate surface area is 318 Å². The summed E-state index contributed by atoms with van der Waals surface area (Å²) in [6, 6.07) is 20.2. The largest absolute Gasteiger partial charge is 0.477 e. The maximum Gasteiger partial charge on any atom is 0.410 e. The predicted octanol–water partition coefficient (Wildman–Crippen LogP) is 6.56. The number of anilines is 2. The Balaban J connectivity index is 1.08. The quantitative estimate of drug-likeness (QED) is 0.137. The SMILES string of the molecule is CCn1cc(C(=O)O)c(=O)c2ccc(N3CCN(C(=O)OCc4ccc(NC(=O)[C@H](C)/C=C(\F)[C@@H](NC(=O)OCc5ccccc5)C(C)C)cc4)CC3)cc21. The minimum atomic E-state index is -1.26. The molecule has 1 fully saturated rings. The number of hydrogen-bond donors (Lipinski definition) is 3. The van der Waals surface area contributed by atoms with E-state index in [2.05, 4.69) is 15.5 Å². The van der Waals surface area contributed by atoms with Crippen molar-refractivity contribution in [2.45, 2.75) is 53.5 Å². The monoisotopic (exact) mass is 755 g/mol. The molecule has 1 aromatic heterocycles. The fraction of sp³-hybridized carbons (Fsp3) is 0.341. The van der Waals surface area contributed by atoms with Gasteiger partial charge in [0.05, 0.1) is 17.5 Å². The number of carboxylic acids is 1. The minimum absolute atomic E-state index is 0.0204. The number of carbonyl (C=O) groups is 4. The molecular weight excluding hydrogens is 709 g/mol. The fourth-order valence-electron chi connectivity index (χ4n) is 6.18. The molecule has 4 aromatic rings. The average molecular weight is 756 g/mol. The third kappa shape index (κ3) is 10.3. The van der Waals surface area contributed by atoms with Gasteiger partial charge in [0.15, 0.2) is 0 Å². The third-order valence-electron chi connectivity index (χ3n) is 9.40. The van der Waals surface area contributed by atoms with E-state index in [1.165, 1.54) is 12.3 Å². The summed E-state index contributed by atoms with van der Waals surface area (Å²) in [5.41, 5.74) is 2.70. The van der Waals surface area contributed by atoms with Crippen LogP contribution >= 0.6 is 0 Å². The number of aromatic carboxylic acids is 1. The Morgan fingerprint density at radius 2 is 1.55 bits per heavy atom. The van der Waals surface area contributed by atoms with Crippen LogP contribution in [0.2, 0.25) is 0 Å². The van der Waals surface area contributed by atoms with Crippen molar-refractivity contribution in [3.8, 4) is 0 Å². The second-order valence-electron chi connectivity index (χ2n) is 13.6. The summed E-state index contributed by atoms with van der Waals surface area (Å²) in [4.78, 5) is 66.1. The molecule has 2 atom stereocenters. The number of benzene rings is 3. The number of nitrogens with one attached hydrogen (secondary N) is 2. The second-order valence-corrected chi connectivity index (χ2v) is 13.6. The number of piperazine rings is 1. The Hall–Kier alpha value is -6.18. The van der Waals surface area contributed by atoms with Crippen molar-refractivity contribution in [2.75, 3.05) is 36.4 Å². The molecule has 13 nitrogen and oxygen atoms in total. The van der Waals surface area contributed by atoms with Gasteiger partial charge in [0.1, 0.15) is 24.6 Å². The predicted molar refractivity (Wildman–Crippen MR) is 207 cm³/mol. The minimum Gasteiger partial charge on any atom is -0.477 e. The molecule has 1 saturated heterocycles. The van der Waals surface area contributed by atoms with Crippen molar-refractivity contribution in [3.63, 3.8) is 0 Å². The van der Waals surface area contributed by atoms with E-state index < -0.39 is 47.3 Å². The van der Waals surface area contributed by atoms with Crippen LogP contribution < -0.4 is 21.0 Å². The van der Waals surface area contributed by atoms with Gasteiger partial charge in [-0.2, -0.15) is 0 Å². The lowest BCUT2D eigenvalue weighted by Gasteiger charge is -2.35. The first kappa shape index (κ1) is 40.0. The van der Waals surface area contributed by atoms with E-state index in [9.17, 15) is 29.1 Å². The molecule has 3 N–H and O–H groups in total. The lowest BCUT2D eigenvalue weighted by atomic mass is 10.00. The second kappa shape index (κ2) is 18.2. The van der Waals surface area contributed by atoms with Crippen LogP contribution in [0, 0.1) is 11.8 Å². The number of ether oxygens (including phenoxy) is 2. The number of carbonyl (C=O) groups excluding carboxylic acids is 3. The molecule has 55 heavy (non-hydrogen) atoms. The van der Waals surface area contributed by atoms with Crippen molar-refractivity contribution in [2.24, 2.45) is 11.8 Å². The van der Waals surface area contributed by atoms with Crippen molar-refractivity contribution in [3.05, 3.63) is 118 Å². The molecule has 3 amide bonds. The summed E-state index contributed by atoms with van der Waals surface area (Å²) in [5.74, 6) is -3.51. The van der Waals surface area contributed by atoms with Crippen LogP contribution in [0.15, 0.2) is 95.7 Å². The average Bonchev–Trinajstić information content (AvgIpc) is 3.18. The number of halogens is 1. The lowest BCUT2D eigenvalue weighted by Crippen LogP contribution is -2.49. The summed E-state index contributed by atoms with van der Waals surface area (Å²) in [6.07, 6.45) is 1.32. The van der Waals surface area contributed by atoms with Gasteiger partial charge in [-0.1, -0.05) is 56.3 Å². The van der Waals surface area contributed by atoms with E-state index in [0.29, 0.717) is 54.9 Å². The lowest BCUT2D eigenvalue weighted by molar-refractivity contribution is -0.118. The van der Waals surface area contributed by atoms with Crippen molar-refractivity contribution < 1.29 is 38.1 Å². The van der Waals surface area contributed by atoms with Gasteiger partial charge < -0.3 is 39.6 Å². The zero-order valence-electron chi connectivity index (χ0n) is 31.3. The number of aryl methyl sites for hydroxylation is 1. The van der Waals surface area contributed by atoms with E-state index in [-0.39, 0.29) is 24.7 Å². The third-order valence-corrected chi connectivity index (χ3v) is 9.40. The molecule has 0 spiro atoms. The first-order chi connectivity index (χ1) is 26.3. The van der Waals surface area contributed by atoms with Crippen LogP contribution in [0.4, 0.5) is 25.4 Å². The molecule has 0 unspecified atom stereocenters. The number of fused-ring (bicyclic) bond motifs is 1. The summed E-state index contributed by atoms with van der Waals surface area (Å²) in [6.45, 7) is 9.39. The Bertz CT molecular complexity index is 2090. The van der Waals surface area contributed by atoms with Gasteiger partial charge in [-0.15, -0.1) is 0 Å². The number of alkyl carbamates (subject to hydrolysis) is 1. The number of nitrogens with zero attached hydrogens (tertiary/aromatic N) is 3. The maximum absolute atomic E-state index is 15.3. The van der Waals surface area contributed by atoms with Crippen LogP contribution in [0.25, 0.3) is 10.9 Å². The van der Waals surface area contributed by atoms with Gasteiger partial charge in [0, 0.05) is 55.7 Å². The Kier molecular flexibility index (Phi) is 13.3. The number of carboxylic acid groups (broad SMARTS) is 1. The van der Waals surface area contributed by atoms with Gasteiger partial charge in [-0.05, 0) is 67.3 Å². The van der Waals surface area contributed by atoms with Crippen molar-refractivity contribution in [1.29, 1.82) is 0 Å². The molecule has 1 aliphatic rings. The van der Waals surface area contributed by atoms with Crippen LogP contribution in [0.1, 0.15) is 49.2 Å². The van der Waals surface area contributed by atoms with Crippen molar-refractivity contribution in [1.82, 2.24) is 14.8 Å². The summed E-state index contributed by atoms with van der Waals surface area (Å²) in [5, 5.41) is 15.1. The summed E-state index contributed by atoms with van der Waals surface area (Å²) in [7, 11) is 0. The molecule has 2 heterocycles. The zero-order chi connectivity index (χ0) is 39.6.